The van der Waals surface area contributed by atoms with Gasteiger partial charge in [0.1, 0.15) is 11.3 Å². The number of aromatic amines is 1. The van der Waals surface area contributed by atoms with Crippen LogP contribution < -0.4 is 20.9 Å². The number of hydrogen-bond donors (Lipinski definition) is 3. The second-order valence-electron chi connectivity index (χ2n) is 7.88. The lowest BCUT2D eigenvalue weighted by atomic mass is 9.95. The molecular formula is C23H30N4O4. The van der Waals surface area contributed by atoms with Crippen LogP contribution in [0.25, 0.3) is 0 Å². The highest BCUT2D eigenvalue weighted by Crippen LogP contribution is 2.16. The fraction of sp³-hybridized carbons (Fsp3) is 0.435. The average molecular weight is 427 g/mol. The molecule has 0 unspecified atom stereocenters. The van der Waals surface area contributed by atoms with Gasteiger partial charge in [0, 0.05) is 26.3 Å². The molecule has 1 fully saturated rings. The molecule has 0 spiro atoms. The van der Waals surface area contributed by atoms with E-state index in [1.54, 1.807) is 14.2 Å². The summed E-state index contributed by atoms with van der Waals surface area (Å²) in [7, 11) is 3.20. The van der Waals surface area contributed by atoms with E-state index in [9.17, 15) is 14.4 Å². The maximum Gasteiger partial charge on any atom is 0.260 e. The number of aromatic nitrogens is 1. The topological polar surface area (TPSA) is 104 Å². The van der Waals surface area contributed by atoms with Crippen LogP contribution in [-0.2, 0) is 6.54 Å². The Morgan fingerprint density at radius 3 is 2.74 bits per heavy atom. The minimum atomic E-state index is -0.520. The summed E-state index contributed by atoms with van der Waals surface area (Å²) in [5.74, 6) is 0.557. The molecule has 2 aromatic rings. The van der Waals surface area contributed by atoms with Crippen molar-refractivity contribution in [3.05, 3.63) is 63.6 Å². The van der Waals surface area contributed by atoms with E-state index >= 15 is 0 Å². The number of nitrogens with one attached hydrogen (secondary N) is 3. The minimum absolute atomic E-state index is 0.0589. The van der Waals surface area contributed by atoms with Crippen molar-refractivity contribution in [1.82, 2.24) is 20.5 Å². The SMILES string of the molecule is COc1cccc(CN(C)C(=O)c2cc(C(=O)NCCC3CCNCC3)c[nH]c2=O)c1. The van der Waals surface area contributed by atoms with Crippen LogP contribution in [0.1, 0.15) is 45.5 Å². The van der Waals surface area contributed by atoms with E-state index in [2.05, 4.69) is 15.6 Å². The third kappa shape index (κ3) is 6.18. The number of ether oxygens (including phenoxy) is 1. The predicted molar refractivity (Wildman–Crippen MR) is 118 cm³/mol. The van der Waals surface area contributed by atoms with Crippen molar-refractivity contribution in [3.8, 4) is 5.75 Å². The number of rotatable bonds is 8. The number of nitrogens with zero attached hydrogens (tertiary/aromatic N) is 1. The molecule has 0 saturated carbocycles. The predicted octanol–water partition coefficient (Wildman–Crippen LogP) is 1.78. The van der Waals surface area contributed by atoms with Crippen molar-refractivity contribution < 1.29 is 14.3 Å². The van der Waals surface area contributed by atoms with E-state index in [1.807, 2.05) is 24.3 Å². The summed E-state index contributed by atoms with van der Waals surface area (Å²) in [6, 6.07) is 8.74. The van der Waals surface area contributed by atoms with Crippen molar-refractivity contribution in [1.29, 1.82) is 0 Å². The number of carbonyl (C=O) groups excluding carboxylic acids is 2. The van der Waals surface area contributed by atoms with E-state index in [0.717, 1.165) is 37.9 Å². The molecule has 1 saturated heterocycles. The van der Waals surface area contributed by atoms with Crippen LogP contribution in [0.5, 0.6) is 5.75 Å². The number of amides is 2. The Bertz CT molecular complexity index is 966. The van der Waals surface area contributed by atoms with Crippen molar-refractivity contribution in [2.45, 2.75) is 25.8 Å². The fourth-order valence-electron chi connectivity index (χ4n) is 3.76. The third-order valence-electron chi connectivity index (χ3n) is 5.59. The molecule has 8 nitrogen and oxygen atoms in total. The second-order valence-corrected chi connectivity index (χ2v) is 7.88. The quantitative estimate of drug-likeness (QED) is 0.597. The van der Waals surface area contributed by atoms with Gasteiger partial charge in [-0.1, -0.05) is 12.1 Å². The van der Waals surface area contributed by atoms with Crippen LogP contribution >= 0.6 is 0 Å². The highest BCUT2D eigenvalue weighted by molar-refractivity contribution is 5.99. The molecule has 31 heavy (non-hydrogen) atoms. The smallest absolute Gasteiger partial charge is 0.260 e. The number of H-pyrrole nitrogens is 1. The lowest BCUT2D eigenvalue weighted by molar-refractivity contribution is 0.0783. The zero-order valence-corrected chi connectivity index (χ0v) is 18.1. The Hall–Kier alpha value is -3.13. The summed E-state index contributed by atoms with van der Waals surface area (Å²) < 4.78 is 5.21. The first-order valence-electron chi connectivity index (χ1n) is 10.6. The van der Waals surface area contributed by atoms with Crippen LogP contribution in [0, 0.1) is 5.92 Å². The summed E-state index contributed by atoms with van der Waals surface area (Å²) >= 11 is 0. The normalized spacial score (nSPS) is 14.1. The number of methoxy groups -OCH3 is 1. The van der Waals surface area contributed by atoms with Gasteiger partial charge in [-0.3, -0.25) is 14.4 Å². The summed E-state index contributed by atoms with van der Waals surface area (Å²) in [5, 5.41) is 6.22. The van der Waals surface area contributed by atoms with Crippen LogP contribution in [0.3, 0.4) is 0 Å². The molecule has 2 heterocycles. The molecule has 3 N–H and O–H groups in total. The van der Waals surface area contributed by atoms with Crippen LogP contribution in [0.15, 0.2) is 41.3 Å². The van der Waals surface area contributed by atoms with Crippen LogP contribution in [-0.4, -0.2) is 55.5 Å². The first-order valence-corrected chi connectivity index (χ1v) is 10.6. The maximum atomic E-state index is 12.9. The van der Waals surface area contributed by atoms with Crippen LogP contribution in [0.4, 0.5) is 0 Å². The Kier molecular flexibility index (Phi) is 7.83. The molecule has 3 rings (SSSR count). The number of benzene rings is 1. The fourth-order valence-corrected chi connectivity index (χ4v) is 3.76. The maximum absolute atomic E-state index is 12.9. The van der Waals surface area contributed by atoms with Crippen molar-refractivity contribution in [3.63, 3.8) is 0 Å². The molecule has 2 amide bonds. The van der Waals surface area contributed by atoms with Gasteiger partial charge in [-0.25, -0.2) is 0 Å². The molecule has 1 aromatic heterocycles. The van der Waals surface area contributed by atoms with Crippen molar-refractivity contribution in [2.75, 3.05) is 33.8 Å². The van der Waals surface area contributed by atoms with E-state index in [1.165, 1.54) is 17.2 Å². The first kappa shape index (κ1) is 22.6. The summed E-state index contributed by atoms with van der Waals surface area (Å²) in [4.78, 5) is 41.6. The lowest BCUT2D eigenvalue weighted by Gasteiger charge is -2.22. The van der Waals surface area contributed by atoms with Gasteiger partial charge in [0.25, 0.3) is 17.4 Å². The van der Waals surface area contributed by atoms with E-state index in [-0.39, 0.29) is 17.0 Å². The van der Waals surface area contributed by atoms with Gasteiger partial charge in [-0.2, -0.15) is 0 Å². The molecule has 1 aliphatic rings. The number of piperidine rings is 1. The van der Waals surface area contributed by atoms with Gasteiger partial charge in [-0.15, -0.1) is 0 Å². The highest BCUT2D eigenvalue weighted by atomic mass is 16.5. The zero-order valence-electron chi connectivity index (χ0n) is 18.1. The number of pyridine rings is 1. The standard InChI is InChI=1S/C23H30N4O4/c1-27(15-17-4-3-5-19(12-17)31-2)23(30)20-13-18(14-26-22(20)29)21(28)25-11-8-16-6-9-24-10-7-16/h3-5,12-14,16,24H,6-11,15H2,1-2H3,(H,25,28)(H,26,29). The number of carbonyl (C=O) groups is 2. The molecule has 0 aliphatic carbocycles. The molecule has 1 aliphatic heterocycles. The monoisotopic (exact) mass is 426 g/mol. The van der Waals surface area contributed by atoms with E-state index in [4.69, 9.17) is 4.74 Å². The Morgan fingerprint density at radius 2 is 2.00 bits per heavy atom. The second kappa shape index (κ2) is 10.8. The molecular weight excluding hydrogens is 396 g/mol. The van der Waals surface area contributed by atoms with Gasteiger partial charge in [0.15, 0.2) is 0 Å². The Balaban J connectivity index is 1.62. The van der Waals surface area contributed by atoms with Gasteiger partial charge < -0.3 is 25.3 Å². The van der Waals surface area contributed by atoms with Gasteiger partial charge in [0.2, 0.25) is 0 Å². The minimum Gasteiger partial charge on any atom is -0.497 e. The third-order valence-corrected chi connectivity index (χ3v) is 5.59. The lowest BCUT2D eigenvalue weighted by Crippen LogP contribution is -2.33. The molecule has 0 bridgehead atoms. The molecule has 166 valence electrons. The molecule has 8 heteroatoms. The Labute approximate surface area is 182 Å². The molecule has 0 atom stereocenters. The first-order chi connectivity index (χ1) is 15.0. The zero-order chi connectivity index (χ0) is 22.2. The van der Waals surface area contributed by atoms with Crippen molar-refractivity contribution >= 4 is 11.8 Å². The van der Waals surface area contributed by atoms with E-state index < -0.39 is 11.5 Å². The van der Waals surface area contributed by atoms with E-state index in [0.29, 0.717) is 24.8 Å². The summed E-state index contributed by atoms with van der Waals surface area (Å²) in [6.45, 7) is 2.92. The van der Waals surface area contributed by atoms with Crippen LogP contribution in [0.2, 0.25) is 0 Å². The number of hydrogen-bond acceptors (Lipinski definition) is 5. The summed E-state index contributed by atoms with van der Waals surface area (Å²) in [6.07, 6.45) is 4.51. The molecule has 0 radical (unpaired) electrons. The van der Waals surface area contributed by atoms with Gasteiger partial charge >= 0.3 is 0 Å². The Morgan fingerprint density at radius 1 is 1.23 bits per heavy atom. The highest BCUT2D eigenvalue weighted by Gasteiger charge is 2.19. The molecule has 1 aromatic carbocycles. The van der Waals surface area contributed by atoms with Gasteiger partial charge in [-0.05, 0) is 62.0 Å². The van der Waals surface area contributed by atoms with Crippen molar-refractivity contribution in [2.24, 2.45) is 5.92 Å². The largest absolute Gasteiger partial charge is 0.497 e. The summed E-state index contributed by atoms with van der Waals surface area (Å²) in [5.41, 5.74) is 0.562. The average Bonchev–Trinajstić information content (AvgIpc) is 2.79. The van der Waals surface area contributed by atoms with Gasteiger partial charge in [0.05, 0.1) is 12.7 Å².